The summed E-state index contributed by atoms with van der Waals surface area (Å²) in [5, 5.41) is 5.47. The molecule has 1 aliphatic rings. The molecule has 0 atom stereocenters. The molecule has 1 aromatic rings. The molecule has 2 rings (SSSR count). The lowest BCUT2D eigenvalue weighted by Gasteiger charge is -2.31. The van der Waals surface area contributed by atoms with Gasteiger partial charge in [-0.05, 0) is 37.5 Å². The van der Waals surface area contributed by atoms with Crippen LogP contribution in [0, 0.1) is 0 Å². The summed E-state index contributed by atoms with van der Waals surface area (Å²) in [5.41, 5.74) is -0.575. The summed E-state index contributed by atoms with van der Waals surface area (Å²) < 4.78 is 63.5. The number of nitrogens with zero attached hydrogens (tertiary/aromatic N) is 1. The molecule has 2 N–H and O–H groups in total. The molecular weight excluding hydrogens is 383 g/mol. The quantitative estimate of drug-likeness (QED) is 0.728. The number of nitrogens with one attached hydrogen (secondary N) is 2. The second-order valence-electron chi connectivity index (χ2n) is 6.49. The molecule has 10 heteroatoms. The zero-order chi connectivity index (χ0) is 20.1. The van der Waals surface area contributed by atoms with Gasteiger partial charge in [-0.2, -0.15) is 13.2 Å². The molecule has 27 heavy (non-hydrogen) atoms. The number of hydrogen-bond acceptors (Lipinski definition) is 4. The Morgan fingerprint density at radius 2 is 1.93 bits per heavy atom. The fourth-order valence-corrected chi connectivity index (χ4v) is 4.47. The van der Waals surface area contributed by atoms with E-state index in [1.165, 1.54) is 16.4 Å². The summed E-state index contributed by atoms with van der Waals surface area (Å²) in [4.78, 5) is 12.0. The van der Waals surface area contributed by atoms with Gasteiger partial charge in [0.05, 0.1) is 17.9 Å². The molecule has 1 aliphatic heterocycles. The van der Waals surface area contributed by atoms with Crippen LogP contribution in [0.1, 0.15) is 31.7 Å². The number of rotatable bonds is 7. The van der Waals surface area contributed by atoms with Crippen molar-refractivity contribution in [1.29, 1.82) is 0 Å². The summed E-state index contributed by atoms with van der Waals surface area (Å²) in [7, 11) is -3.23. The molecule has 1 aromatic carbocycles. The molecule has 0 aliphatic carbocycles. The van der Waals surface area contributed by atoms with E-state index in [1.807, 2.05) is 6.92 Å². The number of piperidine rings is 1. The van der Waals surface area contributed by atoms with E-state index >= 15 is 0 Å². The minimum atomic E-state index is -4.44. The second-order valence-corrected chi connectivity index (χ2v) is 8.58. The monoisotopic (exact) mass is 407 g/mol. The van der Waals surface area contributed by atoms with E-state index in [4.69, 9.17) is 0 Å². The molecule has 0 aromatic heterocycles. The summed E-state index contributed by atoms with van der Waals surface area (Å²) >= 11 is 0. The normalized spacial score (nSPS) is 16.9. The van der Waals surface area contributed by atoms with Gasteiger partial charge < -0.3 is 10.6 Å². The number of alkyl halides is 3. The topological polar surface area (TPSA) is 78.5 Å². The van der Waals surface area contributed by atoms with Crippen molar-refractivity contribution in [1.82, 2.24) is 9.62 Å². The summed E-state index contributed by atoms with van der Waals surface area (Å²) in [5.74, 6) is -0.229. The lowest BCUT2D eigenvalue weighted by molar-refractivity contribution is -0.137. The Morgan fingerprint density at radius 1 is 1.26 bits per heavy atom. The van der Waals surface area contributed by atoms with E-state index in [2.05, 4.69) is 10.6 Å². The van der Waals surface area contributed by atoms with Gasteiger partial charge in [-0.25, -0.2) is 12.7 Å². The lowest BCUT2D eigenvalue weighted by Crippen LogP contribution is -2.48. The maximum Gasteiger partial charge on any atom is 0.416 e. The molecule has 1 amide bonds. The van der Waals surface area contributed by atoms with E-state index in [9.17, 15) is 26.4 Å². The van der Waals surface area contributed by atoms with Crippen LogP contribution in [0.2, 0.25) is 0 Å². The average Bonchev–Trinajstić information content (AvgIpc) is 2.60. The molecule has 1 fully saturated rings. The molecule has 1 heterocycles. The number of anilines is 1. The van der Waals surface area contributed by atoms with Crippen molar-refractivity contribution in [3.63, 3.8) is 0 Å². The van der Waals surface area contributed by atoms with Crippen LogP contribution in [0.4, 0.5) is 18.9 Å². The Bertz CT molecular complexity index is 745. The van der Waals surface area contributed by atoms with E-state index in [0.717, 1.165) is 12.1 Å². The number of halogens is 3. The van der Waals surface area contributed by atoms with Gasteiger partial charge in [0.1, 0.15) is 0 Å². The van der Waals surface area contributed by atoms with E-state index in [-0.39, 0.29) is 29.9 Å². The summed E-state index contributed by atoms with van der Waals surface area (Å²) in [6.45, 7) is 2.36. The highest BCUT2D eigenvalue weighted by atomic mass is 32.2. The molecular formula is C17H24F3N3O3S. The maximum absolute atomic E-state index is 12.7. The molecule has 0 bridgehead atoms. The highest BCUT2D eigenvalue weighted by Crippen LogP contribution is 2.30. The second kappa shape index (κ2) is 8.92. The minimum Gasteiger partial charge on any atom is -0.376 e. The Balaban J connectivity index is 1.79. The van der Waals surface area contributed by atoms with E-state index in [1.54, 1.807) is 0 Å². The Morgan fingerprint density at radius 3 is 2.52 bits per heavy atom. The summed E-state index contributed by atoms with van der Waals surface area (Å²) in [6.07, 6.45) is -2.86. The molecule has 0 spiro atoms. The first-order valence-corrected chi connectivity index (χ1v) is 10.4. The van der Waals surface area contributed by atoms with Gasteiger partial charge in [-0.1, -0.05) is 13.0 Å². The van der Waals surface area contributed by atoms with Gasteiger partial charge in [0.2, 0.25) is 15.9 Å². The van der Waals surface area contributed by atoms with Crippen LogP contribution < -0.4 is 10.6 Å². The SMILES string of the molecule is CCCS(=O)(=O)N1CCC(NC(=O)CNc2cccc(C(F)(F)F)c2)CC1. The van der Waals surface area contributed by atoms with Crippen LogP contribution in [-0.2, 0) is 21.0 Å². The predicted octanol–water partition coefficient (Wildman–Crippen LogP) is 2.44. The highest BCUT2D eigenvalue weighted by Gasteiger charge is 2.30. The fraction of sp³-hybridized carbons (Fsp3) is 0.588. The molecule has 152 valence electrons. The number of benzene rings is 1. The molecule has 1 saturated heterocycles. The smallest absolute Gasteiger partial charge is 0.376 e. The van der Waals surface area contributed by atoms with Crippen molar-refractivity contribution in [2.45, 2.75) is 38.4 Å². The van der Waals surface area contributed by atoms with Crippen molar-refractivity contribution in [2.75, 3.05) is 30.7 Å². The number of hydrogen-bond donors (Lipinski definition) is 2. The van der Waals surface area contributed by atoms with Crippen molar-refractivity contribution in [2.24, 2.45) is 0 Å². The number of carbonyl (C=O) groups is 1. The van der Waals surface area contributed by atoms with Gasteiger partial charge in [0.15, 0.2) is 0 Å². The van der Waals surface area contributed by atoms with Gasteiger partial charge in [0, 0.05) is 24.8 Å². The third kappa shape index (κ3) is 6.39. The maximum atomic E-state index is 12.7. The number of sulfonamides is 1. The first-order chi connectivity index (χ1) is 12.6. The Kier molecular flexibility index (Phi) is 7.10. The van der Waals surface area contributed by atoms with Gasteiger partial charge in [0.25, 0.3) is 0 Å². The van der Waals surface area contributed by atoms with Crippen molar-refractivity contribution in [3.8, 4) is 0 Å². The lowest BCUT2D eigenvalue weighted by atomic mass is 10.1. The van der Waals surface area contributed by atoms with Crippen LogP contribution in [0.15, 0.2) is 24.3 Å². The summed E-state index contributed by atoms with van der Waals surface area (Å²) in [6, 6.07) is 4.50. The van der Waals surface area contributed by atoms with Crippen LogP contribution >= 0.6 is 0 Å². The fourth-order valence-electron chi connectivity index (χ4n) is 2.93. The van der Waals surface area contributed by atoms with Crippen LogP contribution in [0.5, 0.6) is 0 Å². The van der Waals surface area contributed by atoms with Gasteiger partial charge >= 0.3 is 6.18 Å². The largest absolute Gasteiger partial charge is 0.416 e. The molecule has 0 radical (unpaired) electrons. The molecule has 0 unspecified atom stereocenters. The first kappa shape index (κ1) is 21.5. The Labute approximate surface area is 157 Å². The number of amides is 1. The molecule has 0 saturated carbocycles. The van der Waals surface area contributed by atoms with Gasteiger partial charge in [-0.3, -0.25) is 4.79 Å². The first-order valence-electron chi connectivity index (χ1n) is 8.80. The standard InChI is InChI=1S/C17H24F3N3O3S/c1-2-10-27(25,26)23-8-6-14(7-9-23)22-16(24)12-21-15-5-3-4-13(11-15)17(18,19)20/h3-5,11,14,21H,2,6-10,12H2,1H3,(H,22,24). The highest BCUT2D eigenvalue weighted by molar-refractivity contribution is 7.89. The third-order valence-electron chi connectivity index (χ3n) is 4.32. The van der Waals surface area contributed by atoms with Crippen molar-refractivity contribution >= 4 is 21.6 Å². The van der Waals surface area contributed by atoms with Crippen LogP contribution in [0.3, 0.4) is 0 Å². The van der Waals surface area contributed by atoms with E-state index < -0.39 is 21.8 Å². The van der Waals surface area contributed by atoms with Crippen molar-refractivity contribution in [3.05, 3.63) is 29.8 Å². The van der Waals surface area contributed by atoms with E-state index in [0.29, 0.717) is 32.4 Å². The number of carbonyl (C=O) groups excluding carboxylic acids is 1. The zero-order valence-electron chi connectivity index (χ0n) is 15.1. The van der Waals surface area contributed by atoms with Crippen molar-refractivity contribution < 1.29 is 26.4 Å². The minimum absolute atomic E-state index is 0.116. The molecule has 6 nitrogen and oxygen atoms in total. The van der Waals surface area contributed by atoms with Crippen LogP contribution in [0.25, 0.3) is 0 Å². The third-order valence-corrected chi connectivity index (χ3v) is 6.39. The average molecular weight is 407 g/mol. The predicted molar refractivity (Wildman–Crippen MR) is 96.7 cm³/mol. The van der Waals surface area contributed by atoms with Crippen LogP contribution in [-0.4, -0.2) is 50.1 Å². The zero-order valence-corrected chi connectivity index (χ0v) is 15.9. The Hall–Kier alpha value is -1.81. The van der Waals surface area contributed by atoms with Gasteiger partial charge in [-0.15, -0.1) is 0 Å².